The Morgan fingerprint density at radius 3 is 2.85 bits per heavy atom. The first-order valence-electron chi connectivity index (χ1n) is 8.60. The molecule has 2 aromatic rings. The fourth-order valence-corrected chi connectivity index (χ4v) is 3.32. The van der Waals surface area contributed by atoms with Crippen molar-refractivity contribution in [1.29, 1.82) is 0 Å². The van der Waals surface area contributed by atoms with Gasteiger partial charge in [0.05, 0.1) is 18.1 Å². The third kappa shape index (κ3) is 4.90. The number of morpholine rings is 1. The fourth-order valence-electron chi connectivity index (χ4n) is 2.70. The summed E-state index contributed by atoms with van der Waals surface area (Å²) in [6.45, 7) is 4.97. The molecule has 9 heteroatoms. The Kier molecular flexibility index (Phi) is 6.37. The number of hydrogen-bond acceptors (Lipinski definition) is 6. The first-order chi connectivity index (χ1) is 12.6. The number of carbonyl (C=O) groups is 2. The molecule has 2 amide bonds. The summed E-state index contributed by atoms with van der Waals surface area (Å²) in [6.07, 6.45) is 0.876. The van der Waals surface area contributed by atoms with Gasteiger partial charge in [-0.2, -0.15) is 5.10 Å². The van der Waals surface area contributed by atoms with Gasteiger partial charge in [0.25, 0.3) is 11.8 Å². The first kappa shape index (κ1) is 18.6. The molecule has 0 unspecified atom stereocenters. The maximum Gasteiger partial charge on any atom is 0.271 e. The highest BCUT2D eigenvalue weighted by atomic mass is 32.1. The molecule has 3 rings (SSSR count). The number of anilines is 1. The van der Waals surface area contributed by atoms with E-state index in [9.17, 15) is 9.59 Å². The minimum absolute atomic E-state index is 0.208. The number of aromatic nitrogens is 2. The smallest absolute Gasteiger partial charge is 0.271 e. The van der Waals surface area contributed by atoms with Crippen LogP contribution in [-0.4, -0.2) is 65.9 Å². The molecule has 0 radical (unpaired) electrons. The Bertz CT molecular complexity index is 738. The Labute approximate surface area is 156 Å². The summed E-state index contributed by atoms with van der Waals surface area (Å²) in [4.78, 5) is 27.3. The maximum absolute atomic E-state index is 12.2. The van der Waals surface area contributed by atoms with Crippen LogP contribution in [0.2, 0.25) is 0 Å². The summed E-state index contributed by atoms with van der Waals surface area (Å²) < 4.78 is 6.81. The van der Waals surface area contributed by atoms with Gasteiger partial charge < -0.3 is 15.4 Å². The van der Waals surface area contributed by atoms with E-state index in [2.05, 4.69) is 20.6 Å². The first-order valence-corrected chi connectivity index (χ1v) is 9.48. The largest absolute Gasteiger partial charge is 0.379 e. The molecular formula is C17H23N5O3S. The highest BCUT2D eigenvalue weighted by molar-refractivity contribution is 7.12. The van der Waals surface area contributed by atoms with E-state index in [0.29, 0.717) is 22.9 Å². The molecule has 2 aromatic heterocycles. The number of nitrogens with one attached hydrogen (secondary N) is 2. The summed E-state index contributed by atoms with van der Waals surface area (Å²) >= 11 is 1.36. The van der Waals surface area contributed by atoms with Crippen LogP contribution in [-0.2, 0) is 11.8 Å². The van der Waals surface area contributed by atoms with Gasteiger partial charge in [-0.15, -0.1) is 11.3 Å². The van der Waals surface area contributed by atoms with Crippen LogP contribution in [0.3, 0.4) is 0 Å². The van der Waals surface area contributed by atoms with Gasteiger partial charge >= 0.3 is 0 Å². The molecule has 1 aliphatic heterocycles. The average molecular weight is 377 g/mol. The Morgan fingerprint density at radius 2 is 2.12 bits per heavy atom. The van der Waals surface area contributed by atoms with Crippen molar-refractivity contribution in [2.75, 3.05) is 44.7 Å². The van der Waals surface area contributed by atoms with E-state index in [1.807, 2.05) is 11.4 Å². The molecule has 1 aliphatic rings. The molecule has 2 N–H and O–H groups in total. The molecule has 0 atom stereocenters. The maximum atomic E-state index is 12.2. The third-order valence-electron chi connectivity index (χ3n) is 4.14. The second-order valence-corrected chi connectivity index (χ2v) is 6.98. The lowest BCUT2D eigenvalue weighted by Crippen LogP contribution is -2.38. The van der Waals surface area contributed by atoms with Gasteiger partial charge in [0, 0.05) is 32.7 Å². The fraction of sp³-hybridized carbons (Fsp3) is 0.471. The van der Waals surface area contributed by atoms with E-state index in [0.717, 1.165) is 39.3 Å². The number of nitrogens with zero attached hydrogens (tertiary/aromatic N) is 3. The lowest BCUT2D eigenvalue weighted by Gasteiger charge is -2.26. The summed E-state index contributed by atoms with van der Waals surface area (Å²) in [6, 6.07) is 5.15. The average Bonchev–Trinajstić information content (AvgIpc) is 3.30. The van der Waals surface area contributed by atoms with Gasteiger partial charge in [0.1, 0.15) is 5.82 Å². The summed E-state index contributed by atoms with van der Waals surface area (Å²) in [5, 5.41) is 11.7. The predicted molar refractivity (Wildman–Crippen MR) is 99.7 cm³/mol. The van der Waals surface area contributed by atoms with Gasteiger partial charge in [0.15, 0.2) is 5.69 Å². The van der Waals surface area contributed by atoms with Crippen LogP contribution < -0.4 is 10.6 Å². The van der Waals surface area contributed by atoms with E-state index in [-0.39, 0.29) is 11.8 Å². The number of thiophene rings is 1. The summed E-state index contributed by atoms with van der Waals surface area (Å²) in [5.74, 6) is 0.0431. The number of ether oxygens (including phenoxy) is 1. The van der Waals surface area contributed by atoms with Gasteiger partial charge in [-0.25, -0.2) is 0 Å². The molecule has 0 aromatic carbocycles. The van der Waals surface area contributed by atoms with Crippen molar-refractivity contribution < 1.29 is 14.3 Å². The van der Waals surface area contributed by atoms with Crippen molar-refractivity contribution in [1.82, 2.24) is 20.0 Å². The molecule has 0 aliphatic carbocycles. The van der Waals surface area contributed by atoms with Crippen LogP contribution in [0, 0.1) is 0 Å². The minimum Gasteiger partial charge on any atom is -0.379 e. The van der Waals surface area contributed by atoms with Gasteiger partial charge in [-0.1, -0.05) is 6.07 Å². The molecule has 1 fully saturated rings. The summed E-state index contributed by atoms with van der Waals surface area (Å²) in [7, 11) is 1.69. The van der Waals surface area contributed by atoms with Gasteiger partial charge in [-0.05, 0) is 24.4 Å². The van der Waals surface area contributed by atoms with Gasteiger partial charge in [0.2, 0.25) is 0 Å². The van der Waals surface area contributed by atoms with Crippen LogP contribution in [0.15, 0.2) is 23.6 Å². The Hall–Kier alpha value is -2.23. The number of hydrogen-bond donors (Lipinski definition) is 2. The van der Waals surface area contributed by atoms with Crippen LogP contribution >= 0.6 is 11.3 Å². The molecule has 140 valence electrons. The Morgan fingerprint density at radius 1 is 1.31 bits per heavy atom. The van der Waals surface area contributed by atoms with Crippen molar-refractivity contribution in [3.05, 3.63) is 34.2 Å². The van der Waals surface area contributed by atoms with Crippen LogP contribution in [0.25, 0.3) is 0 Å². The predicted octanol–water partition coefficient (Wildman–Crippen LogP) is 1.19. The van der Waals surface area contributed by atoms with Crippen LogP contribution in [0.5, 0.6) is 0 Å². The van der Waals surface area contributed by atoms with Crippen molar-refractivity contribution in [3.8, 4) is 0 Å². The Balaban J connectivity index is 1.46. The lowest BCUT2D eigenvalue weighted by atomic mass is 10.3. The lowest BCUT2D eigenvalue weighted by molar-refractivity contribution is 0.0374. The zero-order chi connectivity index (χ0) is 18.4. The van der Waals surface area contributed by atoms with E-state index in [1.54, 1.807) is 19.2 Å². The van der Waals surface area contributed by atoms with E-state index >= 15 is 0 Å². The van der Waals surface area contributed by atoms with E-state index in [1.165, 1.54) is 16.0 Å². The molecule has 3 heterocycles. The molecule has 0 bridgehead atoms. The minimum atomic E-state index is -0.237. The number of carbonyl (C=O) groups excluding carboxylic acids is 2. The van der Waals surface area contributed by atoms with Crippen LogP contribution in [0.1, 0.15) is 26.6 Å². The van der Waals surface area contributed by atoms with Crippen molar-refractivity contribution in [2.24, 2.45) is 7.05 Å². The molecule has 1 saturated heterocycles. The standard InChI is InChI=1S/C17H23N5O3S/c1-21-15(19-17(24)14-4-2-11-26-14)12-13(20-21)16(23)18-5-3-6-22-7-9-25-10-8-22/h2,4,11-12H,3,5-10H2,1H3,(H,18,23)(H,19,24). The topological polar surface area (TPSA) is 88.5 Å². The molecule has 0 saturated carbocycles. The second-order valence-electron chi connectivity index (χ2n) is 6.03. The normalized spacial score (nSPS) is 15.0. The number of aryl methyl sites for hydroxylation is 1. The van der Waals surface area contributed by atoms with E-state index < -0.39 is 0 Å². The zero-order valence-electron chi connectivity index (χ0n) is 14.7. The number of amides is 2. The highest BCUT2D eigenvalue weighted by Gasteiger charge is 2.16. The monoisotopic (exact) mass is 377 g/mol. The molecule has 0 spiro atoms. The summed E-state index contributed by atoms with van der Waals surface area (Å²) in [5.41, 5.74) is 0.292. The quantitative estimate of drug-likeness (QED) is 0.708. The molecule has 8 nitrogen and oxygen atoms in total. The van der Waals surface area contributed by atoms with Crippen molar-refractivity contribution >= 4 is 29.0 Å². The molecular weight excluding hydrogens is 354 g/mol. The van der Waals surface area contributed by atoms with E-state index in [4.69, 9.17) is 4.74 Å². The second kappa shape index (κ2) is 8.93. The van der Waals surface area contributed by atoms with Crippen molar-refractivity contribution in [2.45, 2.75) is 6.42 Å². The van der Waals surface area contributed by atoms with Crippen molar-refractivity contribution in [3.63, 3.8) is 0 Å². The SMILES string of the molecule is Cn1nc(C(=O)NCCCN2CCOCC2)cc1NC(=O)c1cccs1. The molecule has 26 heavy (non-hydrogen) atoms. The van der Waals surface area contributed by atoms with Crippen LogP contribution in [0.4, 0.5) is 5.82 Å². The third-order valence-corrected chi connectivity index (χ3v) is 5.01. The zero-order valence-corrected chi connectivity index (χ0v) is 15.6. The van der Waals surface area contributed by atoms with Gasteiger partial charge in [-0.3, -0.25) is 19.2 Å². The highest BCUT2D eigenvalue weighted by Crippen LogP contribution is 2.14. The number of rotatable bonds is 7.